The largest absolute Gasteiger partial charge is 0.451 e. The van der Waals surface area contributed by atoms with E-state index in [0.29, 0.717) is 36.2 Å². The van der Waals surface area contributed by atoms with Crippen molar-refractivity contribution in [2.24, 2.45) is 0 Å². The molecule has 166 valence electrons. The summed E-state index contributed by atoms with van der Waals surface area (Å²) in [5, 5.41) is 2.52. The van der Waals surface area contributed by atoms with Crippen LogP contribution in [-0.2, 0) is 9.53 Å². The summed E-state index contributed by atoms with van der Waals surface area (Å²) < 4.78 is 7.03. The van der Waals surface area contributed by atoms with Crippen LogP contribution in [-0.4, -0.2) is 76.2 Å². The molecule has 1 saturated heterocycles. The number of piperazine rings is 1. The van der Waals surface area contributed by atoms with Gasteiger partial charge in [0.1, 0.15) is 0 Å². The number of ether oxygens (including phenoxy) is 1. The lowest BCUT2D eigenvalue weighted by atomic mass is 10.3. The predicted molar refractivity (Wildman–Crippen MR) is 122 cm³/mol. The molecular weight excluding hydrogens is 448 g/mol. The minimum absolute atomic E-state index is 0.0164. The number of amides is 2. The van der Waals surface area contributed by atoms with Crippen molar-refractivity contribution in [1.29, 1.82) is 0 Å². The van der Waals surface area contributed by atoms with Gasteiger partial charge in [0.15, 0.2) is 17.5 Å². The molecule has 0 radical (unpaired) electrons. The van der Waals surface area contributed by atoms with E-state index >= 15 is 0 Å². The molecule has 1 aromatic carbocycles. The first kappa shape index (κ1) is 22.1. The number of nitrogens with zero attached hydrogens (tertiary/aromatic N) is 4. The van der Waals surface area contributed by atoms with E-state index < -0.39 is 5.97 Å². The van der Waals surface area contributed by atoms with Gasteiger partial charge in [0.2, 0.25) is 0 Å². The predicted octanol–water partition coefficient (Wildman–Crippen LogP) is 2.80. The smallest absolute Gasteiger partial charge is 0.357 e. The number of thiophene rings is 1. The Balaban J connectivity index is 1.34. The molecule has 10 heteroatoms. The lowest BCUT2D eigenvalue weighted by Crippen LogP contribution is -2.51. The Morgan fingerprint density at radius 2 is 1.75 bits per heavy atom. The van der Waals surface area contributed by atoms with Gasteiger partial charge in [-0.3, -0.25) is 14.2 Å². The molecule has 2 aromatic heterocycles. The summed E-state index contributed by atoms with van der Waals surface area (Å²) in [4.78, 5) is 46.1. The van der Waals surface area contributed by atoms with E-state index in [2.05, 4.69) is 4.98 Å². The molecule has 0 unspecified atom stereocenters. The Morgan fingerprint density at radius 1 is 1.03 bits per heavy atom. The van der Waals surface area contributed by atoms with Gasteiger partial charge in [-0.15, -0.1) is 11.3 Å². The molecule has 0 aliphatic carbocycles. The van der Waals surface area contributed by atoms with Gasteiger partial charge in [0.25, 0.3) is 11.8 Å². The number of hydrogen-bond donors (Lipinski definition) is 0. The van der Waals surface area contributed by atoms with Gasteiger partial charge in [-0.05, 0) is 29.8 Å². The van der Waals surface area contributed by atoms with Crippen LogP contribution in [0, 0.1) is 0 Å². The van der Waals surface area contributed by atoms with E-state index in [1.54, 1.807) is 20.4 Å². The number of imidazole rings is 1. The van der Waals surface area contributed by atoms with Gasteiger partial charge >= 0.3 is 5.97 Å². The Labute approximate surface area is 193 Å². The molecule has 32 heavy (non-hydrogen) atoms. The third kappa shape index (κ3) is 4.71. The van der Waals surface area contributed by atoms with Crippen LogP contribution in [0.5, 0.6) is 0 Å². The van der Waals surface area contributed by atoms with Crippen molar-refractivity contribution >= 4 is 40.9 Å². The summed E-state index contributed by atoms with van der Waals surface area (Å²) in [5.74, 6) is -0.906. The van der Waals surface area contributed by atoms with E-state index in [0.717, 1.165) is 5.69 Å². The number of carbonyl (C=O) groups excluding carboxylic acids is 3. The molecule has 0 N–H and O–H groups in total. The van der Waals surface area contributed by atoms with Crippen LogP contribution in [0.15, 0.2) is 59.2 Å². The number of benzene rings is 1. The van der Waals surface area contributed by atoms with Crippen LogP contribution >= 0.6 is 23.1 Å². The van der Waals surface area contributed by atoms with Crippen molar-refractivity contribution in [3.05, 3.63) is 64.6 Å². The molecule has 4 rings (SSSR count). The first-order valence-corrected chi connectivity index (χ1v) is 12.1. The van der Waals surface area contributed by atoms with Gasteiger partial charge in [-0.25, -0.2) is 9.78 Å². The fraction of sp³-hybridized carbons (Fsp3) is 0.273. The quantitative estimate of drug-likeness (QED) is 0.407. The normalized spacial score (nSPS) is 13.8. The Hall–Kier alpha value is -3.11. The summed E-state index contributed by atoms with van der Waals surface area (Å²) >= 11 is 2.82. The summed E-state index contributed by atoms with van der Waals surface area (Å²) in [6.07, 6.45) is 3.34. The van der Waals surface area contributed by atoms with Crippen LogP contribution in [0.1, 0.15) is 20.2 Å². The van der Waals surface area contributed by atoms with Gasteiger partial charge < -0.3 is 14.5 Å². The fourth-order valence-corrected chi connectivity index (χ4v) is 4.69. The minimum Gasteiger partial charge on any atom is -0.451 e. The number of carbonyl (C=O) groups is 3. The van der Waals surface area contributed by atoms with Crippen molar-refractivity contribution in [1.82, 2.24) is 19.4 Å². The molecule has 0 saturated carbocycles. The van der Waals surface area contributed by atoms with E-state index in [-0.39, 0.29) is 24.1 Å². The standard InChI is InChI=1S/C22H22N4O4S2/c1-31-22-23-14-17(26(22)16-6-3-2-4-7-16)21(29)30-15-19(27)24-9-11-25(12-10-24)20(28)18-8-5-13-32-18/h2-8,13-14H,9-12,15H2,1H3. The lowest BCUT2D eigenvalue weighted by molar-refractivity contribution is -0.136. The van der Waals surface area contributed by atoms with Crippen molar-refractivity contribution in [3.8, 4) is 5.69 Å². The monoisotopic (exact) mass is 470 g/mol. The topological polar surface area (TPSA) is 84.7 Å². The van der Waals surface area contributed by atoms with Crippen LogP contribution in [0.4, 0.5) is 0 Å². The summed E-state index contributed by atoms with van der Waals surface area (Å²) in [7, 11) is 0. The Bertz CT molecular complexity index is 1090. The third-order valence-electron chi connectivity index (χ3n) is 5.11. The highest BCUT2D eigenvalue weighted by Crippen LogP contribution is 2.22. The van der Waals surface area contributed by atoms with Crippen LogP contribution in [0.3, 0.4) is 0 Å². The first-order valence-electron chi connectivity index (χ1n) is 10.0. The average Bonchev–Trinajstić information content (AvgIpc) is 3.53. The number of thioether (sulfide) groups is 1. The molecule has 1 fully saturated rings. The zero-order chi connectivity index (χ0) is 22.5. The number of hydrogen-bond acceptors (Lipinski definition) is 7. The van der Waals surface area contributed by atoms with Crippen molar-refractivity contribution in [3.63, 3.8) is 0 Å². The van der Waals surface area contributed by atoms with Gasteiger partial charge in [0.05, 0.1) is 11.1 Å². The second-order valence-electron chi connectivity index (χ2n) is 7.03. The second kappa shape index (κ2) is 10.0. The van der Waals surface area contributed by atoms with Gasteiger partial charge in [-0.2, -0.15) is 0 Å². The van der Waals surface area contributed by atoms with E-state index in [1.165, 1.54) is 29.3 Å². The number of rotatable bonds is 6. The van der Waals surface area contributed by atoms with E-state index in [9.17, 15) is 14.4 Å². The molecule has 0 atom stereocenters. The number of esters is 1. The molecule has 8 nitrogen and oxygen atoms in total. The lowest BCUT2D eigenvalue weighted by Gasteiger charge is -2.34. The molecule has 0 bridgehead atoms. The van der Waals surface area contributed by atoms with Crippen LogP contribution < -0.4 is 0 Å². The highest BCUT2D eigenvalue weighted by molar-refractivity contribution is 7.98. The Kier molecular flexibility index (Phi) is 6.91. The summed E-state index contributed by atoms with van der Waals surface area (Å²) in [6.45, 7) is 1.37. The van der Waals surface area contributed by atoms with Crippen molar-refractivity contribution < 1.29 is 19.1 Å². The summed E-state index contributed by atoms with van der Waals surface area (Å²) in [6, 6.07) is 13.0. The highest BCUT2D eigenvalue weighted by atomic mass is 32.2. The van der Waals surface area contributed by atoms with Crippen molar-refractivity contribution in [2.45, 2.75) is 5.16 Å². The number of para-hydroxylation sites is 1. The molecular formula is C22H22N4O4S2. The van der Waals surface area contributed by atoms with Gasteiger partial charge in [-0.1, -0.05) is 36.0 Å². The molecule has 3 aromatic rings. The number of aromatic nitrogens is 2. The van der Waals surface area contributed by atoms with Gasteiger partial charge in [0, 0.05) is 31.9 Å². The summed E-state index contributed by atoms with van der Waals surface area (Å²) in [5.41, 5.74) is 1.05. The highest BCUT2D eigenvalue weighted by Gasteiger charge is 2.26. The van der Waals surface area contributed by atoms with E-state index in [1.807, 2.05) is 48.0 Å². The molecule has 3 heterocycles. The SMILES string of the molecule is CSc1ncc(C(=O)OCC(=O)N2CCN(C(=O)c3cccs3)CC2)n1-c1ccccc1. The average molecular weight is 471 g/mol. The zero-order valence-electron chi connectivity index (χ0n) is 17.5. The Morgan fingerprint density at radius 3 is 2.41 bits per heavy atom. The third-order valence-corrected chi connectivity index (χ3v) is 6.62. The second-order valence-corrected chi connectivity index (χ2v) is 8.75. The maximum absolute atomic E-state index is 12.7. The van der Waals surface area contributed by atoms with Crippen LogP contribution in [0.25, 0.3) is 5.69 Å². The van der Waals surface area contributed by atoms with Crippen LogP contribution in [0.2, 0.25) is 0 Å². The molecule has 2 amide bonds. The zero-order valence-corrected chi connectivity index (χ0v) is 19.1. The maximum atomic E-state index is 12.7. The molecule has 0 spiro atoms. The molecule has 1 aliphatic heterocycles. The minimum atomic E-state index is -0.610. The maximum Gasteiger partial charge on any atom is 0.357 e. The fourth-order valence-electron chi connectivity index (χ4n) is 3.46. The molecule has 1 aliphatic rings. The van der Waals surface area contributed by atoms with Crippen molar-refractivity contribution in [2.75, 3.05) is 39.0 Å². The van der Waals surface area contributed by atoms with E-state index in [4.69, 9.17) is 4.74 Å². The first-order chi connectivity index (χ1) is 15.6.